The number of likely N-dealkylation sites (N-methyl/N-ethyl adjacent to an activating group) is 1. The van der Waals surface area contributed by atoms with E-state index in [0.29, 0.717) is 6.54 Å². The summed E-state index contributed by atoms with van der Waals surface area (Å²) in [5.41, 5.74) is 5.24. The highest BCUT2D eigenvalue weighted by Gasteiger charge is 1.91. The summed E-state index contributed by atoms with van der Waals surface area (Å²) in [6, 6.07) is 0. The maximum Gasteiger partial charge on any atom is 0.0558 e. The van der Waals surface area contributed by atoms with Gasteiger partial charge in [-0.05, 0) is 7.05 Å². The summed E-state index contributed by atoms with van der Waals surface area (Å²) in [5, 5.41) is 8.38. The third kappa shape index (κ3) is 4.05. The van der Waals surface area contributed by atoms with E-state index in [1.807, 2.05) is 11.9 Å². The van der Waals surface area contributed by atoms with Crippen LogP contribution in [0.25, 0.3) is 0 Å². The third-order valence-corrected chi connectivity index (χ3v) is 0.993. The van der Waals surface area contributed by atoms with Crippen LogP contribution in [0.4, 0.5) is 0 Å². The third-order valence-electron chi connectivity index (χ3n) is 0.993. The normalized spacial score (nSPS) is 10.5. The number of nitrogens with zero attached hydrogens (tertiary/aromatic N) is 1. The number of hydrogen-bond acceptors (Lipinski definition) is 3. The average molecular weight is 118 g/mol. The van der Waals surface area contributed by atoms with Gasteiger partial charge in [-0.2, -0.15) is 0 Å². The molecule has 0 heterocycles. The van der Waals surface area contributed by atoms with E-state index in [-0.39, 0.29) is 6.61 Å². The standard InChI is InChI=1S/C5H14N2O/c1-7(3-2-6)4-5-8/h8H,2-6H2,1H3. The van der Waals surface area contributed by atoms with Crippen molar-refractivity contribution in [3.05, 3.63) is 0 Å². The molecule has 0 radical (unpaired) electrons. The van der Waals surface area contributed by atoms with Crippen molar-refractivity contribution in [3.63, 3.8) is 0 Å². The van der Waals surface area contributed by atoms with Gasteiger partial charge in [0.25, 0.3) is 0 Å². The molecule has 0 fully saturated rings. The highest BCUT2D eigenvalue weighted by atomic mass is 16.3. The van der Waals surface area contributed by atoms with Crippen LogP contribution in [0, 0.1) is 0 Å². The van der Waals surface area contributed by atoms with E-state index in [1.165, 1.54) is 0 Å². The van der Waals surface area contributed by atoms with Gasteiger partial charge in [0, 0.05) is 19.6 Å². The van der Waals surface area contributed by atoms with Crippen molar-refractivity contribution in [2.24, 2.45) is 5.73 Å². The lowest BCUT2D eigenvalue weighted by atomic mass is 10.5. The summed E-state index contributed by atoms with van der Waals surface area (Å²) < 4.78 is 0. The first-order valence-electron chi connectivity index (χ1n) is 2.80. The Bertz CT molecular complexity index is 43.7. The SMILES string of the molecule is CN(CCN)CCO. The quantitative estimate of drug-likeness (QED) is 0.491. The summed E-state index contributed by atoms with van der Waals surface area (Å²) in [6.07, 6.45) is 0. The predicted molar refractivity (Wildman–Crippen MR) is 33.6 cm³/mol. The molecule has 0 rings (SSSR count). The van der Waals surface area contributed by atoms with Crippen molar-refractivity contribution in [1.29, 1.82) is 0 Å². The minimum Gasteiger partial charge on any atom is -0.395 e. The molecule has 8 heavy (non-hydrogen) atoms. The molecule has 0 spiro atoms. The molecule has 50 valence electrons. The van der Waals surface area contributed by atoms with Gasteiger partial charge < -0.3 is 15.7 Å². The van der Waals surface area contributed by atoms with Crippen LogP contribution in [0.1, 0.15) is 0 Å². The number of hydrogen-bond donors (Lipinski definition) is 2. The lowest BCUT2D eigenvalue weighted by Crippen LogP contribution is -2.27. The Kier molecular flexibility index (Phi) is 4.95. The molecular weight excluding hydrogens is 104 g/mol. The molecule has 0 atom stereocenters. The zero-order chi connectivity index (χ0) is 6.41. The Morgan fingerprint density at radius 1 is 1.50 bits per heavy atom. The van der Waals surface area contributed by atoms with Crippen LogP contribution < -0.4 is 5.73 Å². The maximum absolute atomic E-state index is 8.38. The van der Waals surface area contributed by atoms with E-state index in [4.69, 9.17) is 10.8 Å². The molecule has 0 aromatic heterocycles. The number of rotatable bonds is 4. The van der Waals surface area contributed by atoms with Crippen LogP contribution in [0.15, 0.2) is 0 Å². The Morgan fingerprint density at radius 2 is 2.12 bits per heavy atom. The van der Waals surface area contributed by atoms with E-state index in [0.717, 1.165) is 13.1 Å². The summed E-state index contributed by atoms with van der Waals surface area (Å²) in [6.45, 7) is 2.46. The van der Waals surface area contributed by atoms with E-state index >= 15 is 0 Å². The molecule has 0 bridgehead atoms. The molecule has 0 saturated heterocycles. The minimum atomic E-state index is 0.219. The summed E-state index contributed by atoms with van der Waals surface area (Å²) in [7, 11) is 1.93. The zero-order valence-electron chi connectivity index (χ0n) is 5.30. The fourth-order valence-corrected chi connectivity index (χ4v) is 0.503. The maximum atomic E-state index is 8.38. The molecule has 3 N–H and O–H groups in total. The summed E-state index contributed by atoms with van der Waals surface area (Å²) in [4.78, 5) is 1.99. The van der Waals surface area contributed by atoms with Gasteiger partial charge in [0.15, 0.2) is 0 Å². The molecule has 0 aromatic carbocycles. The molecule has 3 heteroatoms. The van der Waals surface area contributed by atoms with Crippen LogP contribution in [0.3, 0.4) is 0 Å². The van der Waals surface area contributed by atoms with Gasteiger partial charge in [-0.3, -0.25) is 0 Å². The Labute approximate surface area is 50.1 Å². The van der Waals surface area contributed by atoms with Crippen LogP contribution in [-0.2, 0) is 0 Å². The van der Waals surface area contributed by atoms with E-state index in [1.54, 1.807) is 0 Å². The second-order valence-corrected chi connectivity index (χ2v) is 1.82. The van der Waals surface area contributed by atoms with Gasteiger partial charge >= 0.3 is 0 Å². The van der Waals surface area contributed by atoms with E-state index in [9.17, 15) is 0 Å². The monoisotopic (exact) mass is 118 g/mol. The number of nitrogens with two attached hydrogens (primary N) is 1. The van der Waals surface area contributed by atoms with Gasteiger partial charge in [-0.1, -0.05) is 0 Å². The van der Waals surface area contributed by atoms with Crippen molar-refractivity contribution in [3.8, 4) is 0 Å². The number of aliphatic hydroxyl groups is 1. The first-order chi connectivity index (χ1) is 3.81. The van der Waals surface area contributed by atoms with Crippen molar-refractivity contribution in [2.45, 2.75) is 0 Å². The predicted octanol–water partition coefficient (Wildman–Crippen LogP) is -1.13. The molecule has 0 unspecified atom stereocenters. The largest absolute Gasteiger partial charge is 0.395 e. The van der Waals surface area contributed by atoms with Crippen LogP contribution >= 0.6 is 0 Å². The fourth-order valence-electron chi connectivity index (χ4n) is 0.503. The highest BCUT2D eigenvalue weighted by Crippen LogP contribution is 1.75. The first-order valence-corrected chi connectivity index (χ1v) is 2.80. The van der Waals surface area contributed by atoms with Crippen LogP contribution in [0.5, 0.6) is 0 Å². The Hall–Kier alpha value is -0.120. The first kappa shape index (κ1) is 7.88. The second-order valence-electron chi connectivity index (χ2n) is 1.82. The van der Waals surface area contributed by atoms with Crippen molar-refractivity contribution in [1.82, 2.24) is 4.90 Å². The van der Waals surface area contributed by atoms with Gasteiger partial charge in [0.1, 0.15) is 0 Å². The highest BCUT2D eigenvalue weighted by molar-refractivity contribution is 4.48. The Morgan fingerprint density at radius 3 is 2.50 bits per heavy atom. The molecule has 0 aromatic rings. The van der Waals surface area contributed by atoms with E-state index < -0.39 is 0 Å². The Balaban J connectivity index is 2.92. The van der Waals surface area contributed by atoms with Gasteiger partial charge in [-0.25, -0.2) is 0 Å². The van der Waals surface area contributed by atoms with Gasteiger partial charge in [0.2, 0.25) is 0 Å². The summed E-state index contributed by atoms with van der Waals surface area (Å²) in [5.74, 6) is 0. The van der Waals surface area contributed by atoms with Crippen LogP contribution in [0.2, 0.25) is 0 Å². The topological polar surface area (TPSA) is 49.5 Å². The molecule has 0 aliphatic rings. The lowest BCUT2D eigenvalue weighted by molar-refractivity contribution is 0.224. The molecular formula is C5H14N2O. The second kappa shape index (κ2) is 5.03. The molecule has 0 aliphatic heterocycles. The zero-order valence-corrected chi connectivity index (χ0v) is 5.30. The van der Waals surface area contributed by atoms with Gasteiger partial charge in [0.05, 0.1) is 6.61 Å². The fraction of sp³-hybridized carbons (Fsp3) is 1.00. The minimum absolute atomic E-state index is 0.219. The van der Waals surface area contributed by atoms with E-state index in [2.05, 4.69) is 0 Å². The lowest BCUT2D eigenvalue weighted by Gasteiger charge is -2.11. The number of aliphatic hydroxyl groups excluding tert-OH is 1. The molecule has 3 nitrogen and oxygen atoms in total. The molecule has 0 saturated carbocycles. The average Bonchev–Trinajstić information content (AvgIpc) is 1.68. The smallest absolute Gasteiger partial charge is 0.0558 e. The summed E-state index contributed by atoms with van der Waals surface area (Å²) >= 11 is 0. The van der Waals surface area contributed by atoms with Gasteiger partial charge in [-0.15, -0.1) is 0 Å². The van der Waals surface area contributed by atoms with Crippen molar-refractivity contribution < 1.29 is 5.11 Å². The van der Waals surface area contributed by atoms with Crippen molar-refractivity contribution in [2.75, 3.05) is 33.3 Å². The molecule has 0 aliphatic carbocycles. The van der Waals surface area contributed by atoms with Crippen LogP contribution in [-0.4, -0.2) is 43.3 Å². The molecule has 0 amide bonds. The van der Waals surface area contributed by atoms with Crippen molar-refractivity contribution >= 4 is 0 Å².